The lowest BCUT2D eigenvalue weighted by Gasteiger charge is -2.31. The zero-order valence-corrected chi connectivity index (χ0v) is 17.3. The van der Waals surface area contributed by atoms with Crippen LogP contribution in [0.15, 0.2) is 42.5 Å². The minimum absolute atomic E-state index is 0.0184. The number of benzene rings is 2. The van der Waals surface area contributed by atoms with Gasteiger partial charge in [-0.05, 0) is 48.2 Å². The summed E-state index contributed by atoms with van der Waals surface area (Å²) in [7, 11) is 3.29. The molecule has 1 atom stereocenters. The van der Waals surface area contributed by atoms with Gasteiger partial charge in [0.1, 0.15) is 0 Å². The topological polar surface area (TPSA) is 76.8 Å². The molecule has 156 valence electrons. The van der Waals surface area contributed by atoms with Crippen molar-refractivity contribution < 1.29 is 14.3 Å². The number of amides is 1. The second kappa shape index (κ2) is 10.3. The van der Waals surface area contributed by atoms with Gasteiger partial charge in [-0.3, -0.25) is 9.69 Å². The van der Waals surface area contributed by atoms with E-state index in [1.54, 1.807) is 14.2 Å². The van der Waals surface area contributed by atoms with Gasteiger partial charge in [-0.1, -0.05) is 30.3 Å². The molecule has 0 aromatic heterocycles. The van der Waals surface area contributed by atoms with Gasteiger partial charge < -0.3 is 20.5 Å². The summed E-state index contributed by atoms with van der Waals surface area (Å²) < 4.78 is 10.7. The van der Waals surface area contributed by atoms with Crippen molar-refractivity contribution >= 4 is 5.91 Å². The molecule has 1 unspecified atom stereocenters. The minimum atomic E-state index is -0.178. The number of hydrogen-bond acceptors (Lipinski definition) is 5. The van der Waals surface area contributed by atoms with Crippen LogP contribution in [0, 0.1) is 5.92 Å². The Morgan fingerprint density at radius 1 is 1.07 bits per heavy atom. The Labute approximate surface area is 173 Å². The van der Waals surface area contributed by atoms with Crippen LogP contribution in [-0.4, -0.2) is 38.1 Å². The minimum Gasteiger partial charge on any atom is -0.493 e. The molecule has 1 aliphatic heterocycles. The van der Waals surface area contributed by atoms with Crippen LogP contribution < -0.4 is 20.5 Å². The van der Waals surface area contributed by atoms with Crippen molar-refractivity contribution in [3.63, 3.8) is 0 Å². The maximum Gasteiger partial charge on any atom is 0.221 e. The van der Waals surface area contributed by atoms with Crippen LogP contribution in [0.25, 0.3) is 0 Å². The van der Waals surface area contributed by atoms with Crippen LogP contribution in [-0.2, 0) is 24.4 Å². The van der Waals surface area contributed by atoms with E-state index in [1.165, 1.54) is 11.1 Å². The number of rotatable bonds is 9. The molecule has 1 saturated heterocycles. The second-order valence-corrected chi connectivity index (χ2v) is 7.59. The molecule has 0 saturated carbocycles. The van der Waals surface area contributed by atoms with Crippen LogP contribution in [0.4, 0.5) is 0 Å². The molecule has 6 nitrogen and oxygen atoms in total. The number of carbonyl (C=O) groups excluding carboxylic acids is 1. The summed E-state index contributed by atoms with van der Waals surface area (Å²) in [4.78, 5) is 13.8. The number of piperidine rings is 1. The van der Waals surface area contributed by atoms with Gasteiger partial charge in [0.05, 0.1) is 20.1 Å². The molecule has 0 spiro atoms. The van der Waals surface area contributed by atoms with Gasteiger partial charge in [-0.2, -0.15) is 0 Å². The van der Waals surface area contributed by atoms with E-state index in [-0.39, 0.29) is 11.8 Å². The highest BCUT2D eigenvalue weighted by Crippen LogP contribution is 2.27. The molecule has 1 amide bonds. The number of primary amides is 1. The number of nitrogens with zero attached hydrogens (tertiary/aromatic N) is 1. The molecule has 2 aromatic carbocycles. The summed E-state index contributed by atoms with van der Waals surface area (Å²) in [6.07, 6.45) is 1.94. The Kier molecular flexibility index (Phi) is 7.49. The smallest absolute Gasteiger partial charge is 0.221 e. The predicted octanol–water partition coefficient (Wildman–Crippen LogP) is 2.69. The highest BCUT2D eigenvalue weighted by atomic mass is 16.5. The fourth-order valence-corrected chi connectivity index (χ4v) is 3.87. The van der Waals surface area contributed by atoms with E-state index < -0.39 is 0 Å². The lowest BCUT2D eigenvalue weighted by atomic mass is 9.97. The van der Waals surface area contributed by atoms with Crippen molar-refractivity contribution in [3.8, 4) is 11.5 Å². The average Bonchev–Trinajstić information content (AvgIpc) is 2.74. The quantitative estimate of drug-likeness (QED) is 0.680. The van der Waals surface area contributed by atoms with E-state index in [9.17, 15) is 4.79 Å². The third-order valence-corrected chi connectivity index (χ3v) is 5.41. The second-order valence-electron chi connectivity index (χ2n) is 7.59. The third kappa shape index (κ3) is 5.95. The molecular formula is C23H31N3O3. The lowest BCUT2D eigenvalue weighted by molar-refractivity contribution is -0.123. The van der Waals surface area contributed by atoms with E-state index in [0.29, 0.717) is 0 Å². The average molecular weight is 398 g/mol. The van der Waals surface area contributed by atoms with Crippen molar-refractivity contribution in [3.05, 3.63) is 59.2 Å². The van der Waals surface area contributed by atoms with Gasteiger partial charge in [-0.15, -0.1) is 0 Å². The number of likely N-dealkylation sites (tertiary alicyclic amines) is 1. The zero-order chi connectivity index (χ0) is 20.6. The highest BCUT2D eigenvalue weighted by molar-refractivity contribution is 5.76. The fourth-order valence-electron chi connectivity index (χ4n) is 3.87. The van der Waals surface area contributed by atoms with Gasteiger partial charge in [-0.25, -0.2) is 0 Å². The number of methoxy groups -OCH3 is 2. The summed E-state index contributed by atoms with van der Waals surface area (Å²) in [5.74, 6) is 1.28. The van der Waals surface area contributed by atoms with E-state index in [2.05, 4.69) is 34.5 Å². The SMILES string of the molecule is COc1ccc(CNCc2cccc(CN3CCCC(C(N)=O)C3)c2)cc1OC. The Bertz CT molecular complexity index is 825. The first-order chi connectivity index (χ1) is 14.1. The van der Waals surface area contributed by atoms with Crippen molar-refractivity contribution in [1.82, 2.24) is 10.2 Å². The van der Waals surface area contributed by atoms with E-state index >= 15 is 0 Å². The van der Waals surface area contributed by atoms with E-state index in [0.717, 1.165) is 62.6 Å². The summed E-state index contributed by atoms with van der Waals surface area (Å²) in [5, 5.41) is 3.49. The van der Waals surface area contributed by atoms with Gasteiger partial charge in [0.25, 0.3) is 0 Å². The maximum atomic E-state index is 11.5. The first-order valence-corrected chi connectivity index (χ1v) is 10.1. The number of hydrogen-bond donors (Lipinski definition) is 2. The first-order valence-electron chi connectivity index (χ1n) is 10.1. The van der Waals surface area contributed by atoms with Crippen LogP contribution in [0.1, 0.15) is 29.5 Å². The molecule has 1 heterocycles. The number of carbonyl (C=O) groups is 1. The Morgan fingerprint density at radius 2 is 1.79 bits per heavy atom. The summed E-state index contributed by atoms with van der Waals surface area (Å²) >= 11 is 0. The molecule has 0 aliphatic carbocycles. The maximum absolute atomic E-state index is 11.5. The van der Waals surface area contributed by atoms with Crippen LogP contribution in [0.5, 0.6) is 11.5 Å². The number of nitrogens with two attached hydrogens (primary N) is 1. The summed E-state index contributed by atoms with van der Waals surface area (Å²) in [6.45, 7) is 4.17. The van der Waals surface area contributed by atoms with Crippen LogP contribution in [0.2, 0.25) is 0 Å². The van der Waals surface area contributed by atoms with Crippen molar-refractivity contribution in [2.45, 2.75) is 32.5 Å². The molecule has 3 rings (SSSR count). The summed E-state index contributed by atoms with van der Waals surface area (Å²) in [5.41, 5.74) is 9.15. The largest absolute Gasteiger partial charge is 0.493 e. The molecule has 0 bridgehead atoms. The predicted molar refractivity (Wildman–Crippen MR) is 114 cm³/mol. The van der Waals surface area contributed by atoms with E-state index in [4.69, 9.17) is 15.2 Å². The van der Waals surface area contributed by atoms with Gasteiger partial charge in [0.2, 0.25) is 5.91 Å². The van der Waals surface area contributed by atoms with Crippen molar-refractivity contribution in [2.24, 2.45) is 11.7 Å². The molecule has 3 N–H and O–H groups in total. The molecular weight excluding hydrogens is 366 g/mol. The van der Waals surface area contributed by atoms with E-state index in [1.807, 2.05) is 18.2 Å². The van der Waals surface area contributed by atoms with Crippen LogP contribution >= 0.6 is 0 Å². The zero-order valence-electron chi connectivity index (χ0n) is 17.3. The molecule has 1 fully saturated rings. The molecule has 0 radical (unpaired) electrons. The van der Waals surface area contributed by atoms with Crippen molar-refractivity contribution in [2.75, 3.05) is 27.3 Å². The number of ether oxygens (including phenoxy) is 2. The first kappa shape index (κ1) is 21.1. The lowest BCUT2D eigenvalue weighted by Crippen LogP contribution is -2.40. The molecule has 6 heteroatoms. The Balaban J connectivity index is 1.53. The highest BCUT2D eigenvalue weighted by Gasteiger charge is 2.23. The number of nitrogens with one attached hydrogen (secondary N) is 1. The molecule has 29 heavy (non-hydrogen) atoms. The molecule has 1 aliphatic rings. The Morgan fingerprint density at radius 3 is 2.52 bits per heavy atom. The van der Waals surface area contributed by atoms with Gasteiger partial charge in [0, 0.05) is 26.2 Å². The molecule has 2 aromatic rings. The monoisotopic (exact) mass is 397 g/mol. The van der Waals surface area contributed by atoms with Crippen LogP contribution in [0.3, 0.4) is 0 Å². The fraction of sp³-hybridized carbons (Fsp3) is 0.435. The summed E-state index contributed by atoms with van der Waals surface area (Å²) in [6, 6.07) is 14.6. The normalized spacial score (nSPS) is 17.1. The van der Waals surface area contributed by atoms with Gasteiger partial charge >= 0.3 is 0 Å². The standard InChI is InChI=1S/C23H31N3O3/c1-28-21-9-8-18(12-22(21)29-2)14-25-13-17-5-3-6-19(11-17)15-26-10-4-7-20(16-26)23(24)27/h3,5-6,8-9,11-12,20,25H,4,7,10,13-16H2,1-2H3,(H2,24,27). The van der Waals surface area contributed by atoms with Gasteiger partial charge in [0.15, 0.2) is 11.5 Å². The third-order valence-electron chi connectivity index (χ3n) is 5.41. The Hall–Kier alpha value is -2.57. The van der Waals surface area contributed by atoms with Crippen molar-refractivity contribution in [1.29, 1.82) is 0 Å².